The number of carbonyl (C=O) groups excluding carboxylic acids is 1. The highest BCUT2D eigenvalue weighted by Crippen LogP contribution is 2.28. The zero-order valence-electron chi connectivity index (χ0n) is 15.2. The first-order valence-electron chi connectivity index (χ1n) is 8.84. The van der Waals surface area contributed by atoms with E-state index in [-0.39, 0.29) is 11.7 Å². The van der Waals surface area contributed by atoms with Gasteiger partial charge in [-0.05, 0) is 44.2 Å². The number of furan rings is 1. The number of hydrogen-bond acceptors (Lipinski definition) is 5. The zero-order valence-corrected chi connectivity index (χ0v) is 16.1. The van der Waals surface area contributed by atoms with Gasteiger partial charge in [-0.2, -0.15) is 0 Å². The quantitative estimate of drug-likeness (QED) is 0.680. The lowest BCUT2D eigenvalue weighted by molar-refractivity contribution is 0.0745. The van der Waals surface area contributed by atoms with Gasteiger partial charge in [-0.15, -0.1) is 11.3 Å². The molecule has 1 saturated heterocycles. The van der Waals surface area contributed by atoms with Crippen LogP contribution in [0.5, 0.6) is 0 Å². The molecule has 7 heteroatoms. The summed E-state index contributed by atoms with van der Waals surface area (Å²) in [6.45, 7) is 6.43. The van der Waals surface area contributed by atoms with Gasteiger partial charge in [-0.1, -0.05) is 0 Å². The van der Waals surface area contributed by atoms with Crippen LogP contribution in [0.4, 0.5) is 9.52 Å². The minimum Gasteiger partial charge on any atom is -0.466 e. The van der Waals surface area contributed by atoms with Gasteiger partial charge in [0.2, 0.25) is 0 Å². The molecule has 0 unspecified atom stereocenters. The Morgan fingerprint density at radius 2 is 1.85 bits per heavy atom. The normalized spacial score (nSPS) is 14.6. The average molecular weight is 385 g/mol. The van der Waals surface area contributed by atoms with E-state index in [1.54, 1.807) is 29.5 Å². The number of piperazine rings is 1. The third-order valence-electron chi connectivity index (χ3n) is 4.74. The molecule has 3 heterocycles. The second kappa shape index (κ2) is 7.15. The lowest BCUT2D eigenvalue weighted by atomic mass is 10.2. The number of benzene rings is 1. The Morgan fingerprint density at radius 1 is 1.15 bits per heavy atom. The molecule has 0 spiro atoms. The molecule has 0 radical (unpaired) electrons. The summed E-state index contributed by atoms with van der Waals surface area (Å²) < 4.78 is 18.6. The average Bonchev–Trinajstić information content (AvgIpc) is 3.28. The van der Waals surface area contributed by atoms with Gasteiger partial charge in [0, 0.05) is 37.1 Å². The van der Waals surface area contributed by atoms with Crippen molar-refractivity contribution in [1.82, 2.24) is 9.88 Å². The molecule has 1 amide bonds. The third-order valence-corrected chi connectivity index (χ3v) is 5.64. The Morgan fingerprint density at radius 3 is 2.48 bits per heavy atom. The summed E-state index contributed by atoms with van der Waals surface area (Å²) in [6.07, 6.45) is 0. The van der Waals surface area contributed by atoms with Crippen LogP contribution in [0.1, 0.15) is 21.9 Å². The van der Waals surface area contributed by atoms with Gasteiger partial charge in [0.05, 0.1) is 11.3 Å². The predicted octanol–water partition coefficient (Wildman–Crippen LogP) is 4.12. The Bertz CT molecular complexity index is 956. The van der Waals surface area contributed by atoms with Crippen LogP contribution in [-0.4, -0.2) is 42.0 Å². The second-order valence-electron chi connectivity index (χ2n) is 6.63. The maximum absolute atomic E-state index is 13.1. The van der Waals surface area contributed by atoms with E-state index in [0.29, 0.717) is 24.4 Å². The Labute approximate surface area is 161 Å². The highest BCUT2D eigenvalue weighted by molar-refractivity contribution is 7.14. The van der Waals surface area contributed by atoms with E-state index in [9.17, 15) is 9.18 Å². The van der Waals surface area contributed by atoms with Crippen molar-refractivity contribution in [2.24, 2.45) is 0 Å². The maximum atomic E-state index is 13.1. The summed E-state index contributed by atoms with van der Waals surface area (Å²) in [4.78, 5) is 21.4. The number of anilines is 1. The number of aromatic nitrogens is 1. The number of nitrogens with zero attached hydrogens (tertiary/aromatic N) is 3. The van der Waals surface area contributed by atoms with Crippen molar-refractivity contribution < 1.29 is 13.6 Å². The standard InChI is InChI=1S/C20H20FN3O2S/c1-13-11-17(14(2)26-13)19(25)23-7-9-24(10-8-23)20-22-18(12-27-20)15-3-5-16(21)6-4-15/h3-6,11-12H,7-10H2,1-2H3. The van der Waals surface area contributed by atoms with Gasteiger partial charge in [0.1, 0.15) is 17.3 Å². The molecule has 0 bridgehead atoms. The topological polar surface area (TPSA) is 49.6 Å². The lowest BCUT2D eigenvalue weighted by Crippen LogP contribution is -2.48. The van der Waals surface area contributed by atoms with Crippen molar-refractivity contribution >= 4 is 22.4 Å². The number of hydrogen-bond donors (Lipinski definition) is 0. The number of thiazole rings is 1. The zero-order chi connectivity index (χ0) is 19.0. The van der Waals surface area contributed by atoms with Crippen LogP contribution in [0.15, 0.2) is 40.1 Å². The molecule has 3 aromatic rings. The lowest BCUT2D eigenvalue weighted by Gasteiger charge is -2.34. The number of aryl methyl sites for hydroxylation is 2. The third kappa shape index (κ3) is 3.60. The summed E-state index contributed by atoms with van der Waals surface area (Å²) in [6, 6.07) is 8.16. The van der Waals surface area contributed by atoms with Gasteiger partial charge < -0.3 is 14.2 Å². The molecule has 140 valence electrons. The first kappa shape index (κ1) is 17.7. The van der Waals surface area contributed by atoms with Gasteiger partial charge in [-0.3, -0.25) is 4.79 Å². The van der Waals surface area contributed by atoms with E-state index >= 15 is 0 Å². The SMILES string of the molecule is Cc1cc(C(=O)N2CCN(c3nc(-c4ccc(F)cc4)cs3)CC2)c(C)o1. The number of halogens is 1. The van der Waals surface area contributed by atoms with Crippen LogP contribution in [-0.2, 0) is 0 Å². The van der Waals surface area contributed by atoms with Crippen LogP contribution in [0.2, 0.25) is 0 Å². The summed E-state index contributed by atoms with van der Waals surface area (Å²) in [5.41, 5.74) is 2.39. The molecule has 1 aliphatic heterocycles. The molecule has 27 heavy (non-hydrogen) atoms. The largest absolute Gasteiger partial charge is 0.466 e. The van der Waals surface area contributed by atoms with Gasteiger partial charge in [0.15, 0.2) is 5.13 Å². The Kier molecular flexibility index (Phi) is 4.70. The van der Waals surface area contributed by atoms with Crippen LogP contribution in [0.3, 0.4) is 0 Å². The molecule has 4 rings (SSSR count). The summed E-state index contributed by atoms with van der Waals surface area (Å²) >= 11 is 1.57. The fraction of sp³-hybridized carbons (Fsp3) is 0.300. The highest BCUT2D eigenvalue weighted by Gasteiger charge is 2.26. The molecule has 0 aliphatic carbocycles. The highest BCUT2D eigenvalue weighted by atomic mass is 32.1. The molecule has 1 aromatic carbocycles. The molecule has 5 nitrogen and oxygen atoms in total. The smallest absolute Gasteiger partial charge is 0.257 e. The van der Waals surface area contributed by atoms with E-state index in [4.69, 9.17) is 4.42 Å². The molecule has 2 aromatic heterocycles. The van der Waals surface area contributed by atoms with Gasteiger partial charge >= 0.3 is 0 Å². The molecular weight excluding hydrogens is 365 g/mol. The monoisotopic (exact) mass is 385 g/mol. The number of amides is 1. The van der Waals surface area contributed by atoms with E-state index in [1.165, 1.54) is 12.1 Å². The van der Waals surface area contributed by atoms with Crippen LogP contribution < -0.4 is 4.90 Å². The van der Waals surface area contributed by atoms with Crippen molar-refractivity contribution in [1.29, 1.82) is 0 Å². The van der Waals surface area contributed by atoms with E-state index in [1.807, 2.05) is 24.1 Å². The molecule has 1 fully saturated rings. The van der Waals surface area contributed by atoms with Crippen molar-refractivity contribution in [3.63, 3.8) is 0 Å². The molecule has 0 atom stereocenters. The molecular formula is C20H20FN3O2S. The second-order valence-corrected chi connectivity index (χ2v) is 7.46. The van der Waals surface area contributed by atoms with Crippen LogP contribution in [0, 0.1) is 19.7 Å². The number of rotatable bonds is 3. The van der Waals surface area contributed by atoms with Crippen molar-refractivity contribution in [2.75, 3.05) is 31.1 Å². The van der Waals surface area contributed by atoms with Crippen LogP contribution >= 0.6 is 11.3 Å². The first-order chi connectivity index (χ1) is 13.0. The molecule has 0 N–H and O–H groups in total. The van der Waals surface area contributed by atoms with E-state index < -0.39 is 0 Å². The molecule has 1 aliphatic rings. The van der Waals surface area contributed by atoms with Crippen molar-refractivity contribution in [2.45, 2.75) is 13.8 Å². The fourth-order valence-electron chi connectivity index (χ4n) is 3.28. The fourth-order valence-corrected chi connectivity index (χ4v) is 4.17. The first-order valence-corrected chi connectivity index (χ1v) is 9.72. The Balaban J connectivity index is 1.41. The maximum Gasteiger partial charge on any atom is 0.257 e. The van der Waals surface area contributed by atoms with Gasteiger partial charge in [-0.25, -0.2) is 9.37 Å². The van der Waals surface area contributed by atoms with E-state index in [0.717, 1.165) is 35.2 Å². The molecule has 0 saturated carbocycles. The minimum absolute atomic E-state index is 0.0233. The summed E-state index contributed by atoms with van der Waals surface area (Å²) in [5.74, 6) is 1.20. The Hall–Kier alpha value is -2.67. The minimum atomic E-state index is -0.252. The van der Waals surface area contributed by atoms with Crippen LogP contribution in [0.25, 0.3) is 11.3 Å². The number of carbonyl (C=O) groups is 1. The summed E-state index contributed by atoms with van der Waals surface area (Å²) in [5, 5.41) is 2.91. The van der Waals surface area contributed by atoms with Crippen molar-refractivity contribution in [3.05, 3.63) is 58.6 Å². The van der Waals surface area contributed by atoms with E-state index in [2.05, 4.69) is 9.88 Å². The van der Waals surface area contributed by atoms with Gasteiger partial charge in [0.25, 0.3) is 5.91 Å². The summed E-state index contributed by atoms with van der Waals surface area (Å²) in [7, 11) is 0. The predicted molar refractivity (Wildman–Crippen MR) is 104 cm³/mol. The van der Waals surface area contributed by atoms with Crippen molar-refractivity contribution in [3.8, 4) is 11.3 Å².